The van der Waals surface area contributed by atoms with Crippen LogP contribution in [0.1, 0.15) is 0 Å². The largest absolute Gasteiger partial charge is 0.351 e. The Morgan fingerprint density at radius 2 is 1.74 bits per heavy atom. The maximum atomic E-state index is 4.85. The molecule has 0 aliphatic heterocycles. The molecule has 23 heavy (non-hydrogen) atoms. The Labute approximate surface area is 140 Å². The van der Waals surface area contributed by atoms with Gasteiger partial charge in [-0.3, -0.25) is 0 Å². The van der Waals surface area contributed by atoms with Crippen molar-refractivity contribution in [3.8, 4) is 11.3 Å². The fourth-order valence-corrected chi connectivity index (χ4v) is 3.38. The highest BCUT2D eigenvalue weighted by molar-refractivity contribution is 9.10. The molecule has 0 radical (unpaired) electrons. The average Bonchev–Trinajstić information content (AvgIpc) is 3.16. The van der Waals surface area contributed by atoms with Gasteiger partial charge in [0.05, 0.1) is 11.2 Å². The van der Waals surface area contributed by atoms with Crippen molar-refractivity contribution in [2.45, 2.75) is 0 Å². The predicted molar refractivity (Wildman–Crippen MR) is 97.7 cm³/mol. The summed E-state index contributed by atoms with van der Waals surface area (Å²) in [5.74, 6) is 0. The number of rotatable bonds is 1. The van der Waals surface area contributed by atoms with Gasteiger partial charge in [0.1, 0.15) is 0 Å². The Balaban J connectivity index is 1.82. The SMILES string of the molecule is Brc1ccc(-c2cn3ccc4c5ccccc5[nH]c4c3n2)cc1. The maximum absolute atomic E-state index is 4.85. The van der Waals surface area contributed by atoms with Gasteiger partial charge < -0.3 is 9.38 Å². The highest BCUT2D eigenvalue weighted by Gasteiger charge is 2.11. The average molecular weight is 362 g/mol. The van der Waals surface area contributed by atoms with E-state index in [0.29, 0.717) is 0 Å². The molecule has 3 heterocycles. The molecule has 0 aliphatic carbocycles. The number of para-hydroxylation sites is 1. The molecule has 0 aliphatic rings. The first kappa shape index (κ1) is 12.9. The number of nitrogens with one attached hydrogen (secondary N) is 1. The van der Waals surface area contributed by atoms with Gasteiger partial charge in [0, 0.05) is 38.7 Å². The summed E-state index contributed by atoms with van der Waals surface area (Å²) in [4.78, 5) is 8.36. The van der Waals surface area contributed by atoms with E-state index < -0.39 is 0 Å². The smallest absolute Gasteiger partial charge is 0.161 e. The molecule has 110 valence electrons. The normalized spacial score (nSPS) is 11.7. The standard InChI is InChI=1S/C19H12BrN3/c20-13-7-5-12(6-8-13)17-11-23-10-9-15-14-3-1-2-4-16(14)21-18(15)19(23)22-17/h1-11,21H. The van der Waals surface area contributed by atoms with Crippen LogP contribution in [0.15, 0.2) is 71.5 Å². The minimum Gasteiger partial charge on any atom is -0.351 e. The first-order chi connectivity index (χ1) is 11.3. The van der Waals surface area contributed by atoms with Gasteiger partial charge >= 0.3 is 0 Å². The quantitative estimate of drug-likeness (QED) is 0.426. The van der Waals surface area contributed by atoms with E-state index >= 15 is 0 Å². The third-order valence-corrected chi connectivity index (χ3v) is 4.77. The number of imidazole rings is 1. The fourth-order valence-electron chi connectivity index (χ4n) is 3.12. The molecule has 3 nitrogen and oxygen atoms in total. The number of pyridine rings is 1. The topological polar surface area (TPSA) is 33.1 Å². The van der Waals surface area contributed by atoms with E-state index in [4.69, 9.17) is 4.98 Å². The lowest BCUT2D eigenvalue weighted by Crippen LogP contribution is -1.82. The summed E-state index contributed by atoms with van der Waals surface area (Å²) in [6.07, 6.45) is 4.15. The van der Waals surface area contributed by atoms with Gasteiger partial charge in [-0.15, -0.1) is 0 Å². The van der Waals surface area contributed by atoms with Crippen LogP contribution in [-0.4, -0.2) is 14.4 Å². The molecule has 0 fully saturated rings. The van der Waals surface area contributed by atoms with Gasteiger partial charge in [-0.2, -0.15) is 0 Å². The summed E-state index contributed by atoms with van der Waals surface area (Å²) in [5.41, 5.74) is 5.27. The van der Waals surface area contributed by atoms with Gasteiger partial charge in [0.2, 0.25) is 0 Å². The number of hydrogen-bond acceptors (Lipinski definition) is 1. The summed E-state index contributed by atoms with van der Waals surface area (Å²) >= 11 is 3.47. The Bertz CT molecular complexity index is 1170. The van der Waals surface area contributed by atoms with Gasteiger partial charge in [-0.25, -0.2) is 4.98 Å². The van der Waals surface area contributed by atoms with Gasteiger partial charge in [-0.1, -0.05) is 46.3 Å². The summed E-state index contributed by atoms with van der Waals surface area (Å²) in [5, 5.41) is 2.44. The highest BCUT2D eigenvalue weighted by Crippen LogP contribution is 2.29. The predicted octanol–water partition coefficient (Wildman–Crippen LogP) is 5.40. The van der Waals surface area contributed by atoms with Crippen LogP contribution in [0.2, 0.25) is 0 Å². The minimum absolute atomic E-state index is 0.955. The molecule has 0 unspecified atom stereocenters. The molecular weight excluding hydrogens is 350 g/mol. The lowest BCUT2D eigenvalue weighted by atomic mass is 10.2. The molecule has 5 rings (SSSR count). The number of fused-ring (bicyclic) bond motifs is 5. The Morgan fingerprint density at radius 1 is 0.913 bits per heavy atom. The molecule has 0 saturated carbocycles. The fraction of sp³-hybridized carbons (Fsp3) is 0. The zero-order valence-corrected chi connectivity index (χ0v) is 13.7. The first-order valence-corrected chi connectivity index (χ1v) is 8.23. The lowest BCUT2D eigenvalue weighted by Gasteiger charge is -1.95. The van der Waals surface area contributed by atoms with Crippen molar-refractivity contribution in [3.63, 3.8) is 0 Å². The van der Waals surface area contributed by atoms with E-state index in [9.17, 15) is 0 Å². The molecule has 3 aromatic heterocycles. The van der Waals surface area contributed by atoms with Crippen LogP contribution >= 0.6 is 15.9 Å². The molecule has 0 bridgehead atoms. The van der Waals surface area contributed by atoms with E-state index in [1.807, 2.05) is 18.2 Å². The Hall–Kier alpha value is -2.59. The van der Waals surface area contributed by atoms with Crippen molar-refractivity contribution in [1.29, 1.82) is 0 Å². The van der Waals surface area contributed by atoms with Crippen LogP contribution in [-0.2, 0) is 0 Å². The van der Waals surface area contributed by atoms with Crippen molar-refractivity contribution >= 4 is 43.4 Å². The van der Waals surface area contributed by atoms with E-state index in [-0.39, 0.29) is 0 Å². The van der Waals surface area contributed by atoms with Crippen LogP contribution in [0.4, 0.5) is 0 Å². The van der Waals surface area contributed by atoms with Crippen molar-refractivity contribution < 1.29 is 0 Å². The number of aromatic amines is 1. The van der Waals surface area contributed by atoms with Crippen molar-refractivity contribution in [2.24, 2.45) is 0 Å². The van der Waals surface area contributed by atoms with Gasteiger partial charge in [-0.05, 0) is 24.3 Å². The minimum atomic E-state index is 0.955. The van der Waals surface area contributed by atoms with E-state index in [1.165, 1.54) is 10.8 Å². The second-order valence-electron chi connectivity index (χ2n) is 5.64. The van der Waals surface area contributed by atoms with Crippen LogP contribution in [0.3, 0.4) is 0 Å². The number of halogens is 1. The van der Waals surface area contributed by atoms with Gasteiger partial charge in [0.25, 0.3) is 0 Å². The Kier molecular flexibility index (Phi) is 2.64. The first-order valence-electron chi connectivity index (χ1n) is 7.44. The number of aromatic nitrogens is 3. The lowest BCUT2D eigenvalue weighted by molar-refractivity contribution is 1.20. The Morgan fingerprint density at radius 3 is 2.61 bits per heavy atom. The summed E-state index contributed by atoms with van der Waals surface area (Å²) in [7, 11) is 0. The maximum Gasteiger partial charge on any atom is 0.161 e. The molecule has 1 N–H and O–H groups in total. The zero-order valence-electron chi connectivity index (χ0n) is 12.1. The summed E-state index contributed by atoms with van der Waals surface area (Å²) in [6.45, 7) is 0. The van der Waals surface area contributed by atoms with Gasteiger partial charge in [0.15, 0.2) is 5.65 Å². The van der Waals surface area contributed by atoms with Crippen molar-refractivity contribution in [3.05, 3.63) is 71.5 Å². The summed E-state index contributed by atoms with van der Waals surface area (Å²) in [6, 6.07) is 18.7. The third-order valence-electron chi connectivity index (χ3n) is 4.24. The molecule has 2 aromatic carbocycles. The number of benzene rings is 2. The second kappa shape index (κ2) is 4.70. The number of hydrogen-bond donors (Lipinski definition) is 1. The molecule has 0 atom stereocenters. The van der Waals surface area contributed by atoms with Crippen molar-refractivity contribution in [1.82, 2.24) is 14.4 Å². The molecule has 0 spiro atoms. The summed E-state index contributed by atoms with van der Waals surface area (Å²) < 4.78 is 3.15. The van der Waals surface area contributed by atoms with Crippen LogP contribution in [0.5, 0.6) is 0 Å². The van der Waals surface area contributed by atoms with E-state index in [0.717, 1.165) is 32.4 Å². The van der Waals surface area contributed by atoms with E-state index in [1.54, 1.807) is 0 Å². The number of H-pyrrole nitrogens is 1. The zero-order chi connectivity index (χ0) is 15.4. The molecule has 5 aromatic rings. The molecular formula is C19H12BrN3. The van der Waals surface area contributed by atoms with E-state index in [2.05, 4.69) is 74.1 Å². The van der Waals surface area contributed by atoms with Crippen LogP contribution in [0.25, 0.3) is 38.7 Å². The van der Waals surface area contributed by atoms with Crippen molar-refractivity contribution in [2.75, 3.05) is 0 Å². The van der Waals surface area contributed by atoms with Crippen LogP contribution < -0.4 is 0 Å². The third kappa shape index (κ3) is 1.92. The van der Waals surface area contributed by atoms with Crippen LogP contribution in [0, 0.1) is 0 Å². The monoisotopic (exact) mass is 361 g/mol. The molecule has 0 amide bonds. The second-order valence-corrected chi connectivity index (χ2v) is 6.55. The number of nitrogens with zero attached hydrogens (tertiary/aromatic N) is 2. The molecule has 0 saturated heterocycles. The highest BCUT2D eigenvalue weighted by atomic mass is 79.9. The molecule has 4 heteroatoms.